The summed E-state index contributed by atoms with van der Waals surface area (Å²) in [5.41, 5.74) is 1.65. The maximum Gasteiger partial charge on any atom is 0.336 e. The number of carboxylic acid groups (broad SMARTS) is 1. The van der Waals surface area contributed by atoms with E-state index < -0.39 is 23.8 Å². The average molecular weight is 369 g/mol. The van der Waals surface area contributed by atoms with Gasteiger partial charge in [-0.25, -0.2) is 9.59 Å². The van der Waals surface area contributed by atoms with Crippen molar-refractivity contribution in [2.45, 2.75) is 33.6 Å². The number of allylic oxidation sites excluding steroid dienone is 2. The maximum atomic E-state index is 12.8. The molecule has 2 rings (SSSR count). The molecule has 0 bridgehead atoms. The highest BCUT2D eigenvalue weighted by molar-refractivity contribution is 5.99. The van der Waals surface area contributed by atoms with Crippen LogP contribution in [0.4, 0.5) is 0 Å². The molecule has 7 nitrogen and oxygen atoms in total. The van der Waals surface area contributed by atoms with Crippen molar-refractivity contribution in [1.82, 2.24) is 10.3 Å². The lowest BCUT2D eigenvalue weighted by Gasteiger charge is -2.29. The van der Waals surface area contributed by atoms with Crippen molar-refractivity contribution in [3.63, 3.8) is 0 Å². The molecule has 1 aromatic rings. The molecule has 2 unspecified atom stereocenters. The molecule has 1 aliphatic rings. The second kappa shape index (κ2) is 8.49. The van der Waals surface area contributed by atoms with Crippen molar-refractivity contribution in [2.24, 2.45) is 11.8 Å². The number of aromatic nitrogens is 1. The molecule has 1 aliphatic heterocycles. The zero-order valence-electron chi connectivity index (χ0n) is 15.8. The van der Waals surface area contributed by atoms with Gasteiger partial charge in [0.2, 0.25) is 0 Å². The van der Waals surface area contributed by atoms with Crippen LogP contribution in [0, 0.1) is 23.2 Å². The third-order valence-corrected chi connectivity index (χ3v) is 4.56. The number of hydrogen-bond donors (Lipinski definition) is 2. The van der Waals surface area contributed by atoms with E-state index >= 15 is 0 Å². The fraction of sp³-hybridized carbons (Fsp3) is 0.400. The van der Waals surface area contributed by atoms with Gasteiger partial charge in [-0.1, -0.05) is 19.9 Å². The molecule has 0 amide bonds. The number of aliphatic carboxylic acids is 1. The van der Waals surface area contributed by atoms with Crippen molar-refractivity contribution in [2.75, 3.05) is 6.61 Å². The third-order valence-electron chi connectivity index (χ3n) is 4.56. The summed E-state index contributed by atoms with van der Waals surface area (Å²) in [4.78, 5) is 29.0. The lowest BCUT2D eigenvalue weighted by molar-refractivity contribution is -0.140. The number of nitriles is 1. The summed E-state index contributed by atoms with van der Waals surface area (Å²) < 4.78 is 5.38. The minimum Gasteiger partial charge on any atom is -0.478 e. The number of ether oxygens (including phenoxy) is 1. The molecule has 0 aliphatic carbocycles. The fourth-order valence-corrected chi connectivity index (χ4v) is 3.01. The Bertz CT molecular complexity index is 835. The van der Waals surface area contributed by atoms with E-state index in [9.17, 15) is 20.0 Å². The van der Waals surface area contributed by atoms with Gasteiger partial charge >= 0.3 is 11.9 Å². The van der Waals surface area contributed by atoms with Crippen LogP contribution in [-0.4, -0.2) is 28.6 Å². The van der Waals surface area contributed by atoms with Crippen molar-refractivity contribution >= 4 is 11.9 Å². The number of hydrogen-bond acceptors (Lipinski definition) is 6. The van der Waals surface area contributed by atoms with Gasteiger partial charge in [0, 0.05) is 17.6 Å². The van der Waals surface area contributed by atoms with Gasteiger partial charge in [0.05, 0.1) is 34.7 Å². The Labute approximate surface area is 158 Å². The monoisotopic (exact) mass is 369 g/mol. The number of nitrogens with zero attached hydrogens (tertiary/aromatic N) is 2. The summed E-state index contributed by atoms with van der Waals surface area (Å²) in [6, 6.07) is 7.26. The van der Waals surface area contributed by atoms with Crippen LogP contribution >= 0.6 is 0 Å². The smallest absolute Gasteiger partial charge is 0.336 e. The number of rotatable bonds is 6. The molecule has 27 heavy (non-hydrogen) atoms. The van der Waals surface area contributed by atoms with Crippen LogP contribution in [0.2, 0.25) is 0 Å². The van der Waals surface area contributed by atoms with Crippen LogP contribution < -0.4 is 5.32 Å². The van der Waals surface area contributed by atoms with Crippen molar-refractivity contribution < 1.29 is 19.4 Å². The van der Waals surface area contributed by atoms with Gasteiger partial charge in [-0.05, 0) is 31.9 Å². The first-order valence-corrected chi connectivity index (χ1v) is 8.67. The molecule has 7 heteroatoms. The van der Waals surface area contributed by atoms with Crippen LogP contribution in [0.25, 0.3) is 0 Å². The van der Waals surface area contributed by atoms with E-state index in [1.807, 2.05) is 13.8 Å². The summed E-state index contributed by atoms with van der Waals surface area (Å²) >= 11 is 0. The van der Waals surface area contributed by atoms with Gasteiger partial charge in [-0.15, -0.1) is 0 Å². The van der Waals surface area contributed by atoms with E-state index in [2.05, 4.69) is 16.4 Å². The van der Waals surface area contributed by atoms with Gasteiger partial charge in [0.25, 0.3) is 0 Å². The lowest BCUT2D eigenvalue weighted by atomic mass is 9.83. The Kier molecular flexibility index (Phi) is 6.35. The molecule has 0 spiro atoms. The molecule has 0 aromatic carbocycles. The minimum absolute atomic E-state index is 0.0330. The largest absolute Gasteiger partial charge is 0.478 e. The Morgan fingerprint density at radius 3 is 2.48 bits per heavy atom. The molecule has 0 saturated heterocycles. The van der Waals surface area contributed by atoms with Crippen molar-refractivity contribution in [1.29, 1.82) is 5.26 Å². The number of carbonyl (C=O) groups excluding carboxylic acids is 1. The fourth-order valence-electron chi connectivity index (χ4n) is 3.01. The molecule has 2 atom stereocenters. The molecule has 0 saturated carbocycles. The van der Waals surface area contributed by atoms with E-state index in [1.165, 1.54) is 0 Å². The quantitative estimate of drug-likeness (QED) is 0.741. The first-order valence-electron chi connectivity index (χ1n) is 8.67. The zero-order valence-corrected chi connectivity index (χ0v) is 15.8. The Morgan fingerprint density at radius 1 is 1.30 bits per heavy atom. The van der Waals surface area contributed by atoms with E-state index in [-0.39, 0.29) is 23.7 Å². The van der Waals surface area contributed by atoms with Gasteiger partial charge < -0.3 is 15.2 Å². The number of esters is 1. The maximum absolute atomic E-state index is 12.8. The summed E-state index contributed by atoms with van der Waals surface area (Å²) in [5.74, 6) is -3.04. The third kappa shape index (κ3) is 4.34. The predicted molar refractivity (Wildman–Crippen MR) is 98.0 cm³/mol. The van der Waals surface area contributed by atoms with E-state index in [1.54, 1.807) is 38.2 Å². The van der Waals surface area contributed by atoms with Crippen molar-refractivity contribution in [3.8, 4) is 6.07 Å². The summed E-state index contributed by atoms with van der Waals surface area (Å²) in [5, 5.41) is 21.9. The SMILES string of the molecule is CC1=C(C(=O)O)C(c2ccccn2)C(C(=O)OCC(C#N)C(C)C)=C(C)N1. The van der Waals surface area contributed by atoms with E-state index in [0.29, 0.717) is 17.1 Å². The molecule has 0 fully saturated rings. The number of pyridine rings is 1. The number of carbonyl (C=O) groups is 2. The molecular formula is C20H23N3O4. The minimum atomic E-state index is -1.13. The molecule has 2 heterocycles. The average Bonchev–Trinajstić information content (AvgIpc) is 2.61. The van der Waals surface area contributed by atoms with Crippen LogP contribution in [0.5, 0.6) is 0 Å². The van der Waals surface area contributed by atoms with Gasteiger partial charge in [0.15, 0.2) is 0 Å². The second-order valence-electron chi connectivity index (χ2n) is 6.77. The van der Waals surface area contributed by atoms with Gasteiger partial charge in [-0.3, -0.25) is 4.98 Å². The number of carboxylic acids is 1. The molecule has 0 radical (unpaired) electrons. The highest BCUT2D eigenvalue weighted by Crippen LogP contribution is 2.37. The molecule has 2 N–H and O–H groups in total. The van der Waals surface area contributed by atoms with Gasteiger partial charge in [0.1, 0.15) is 6.61 Å². The molecular weight excluding hydrogens is 346 g/mol. The van der Waals surface area contributed by atoms with E-state index in [0.717, 1.165) is 0 Å². The van der Waals surface area contributed by atoms with Crippen LogP contribution in [0.1, 0.15) is 39.3 Å². The lowest BCUT2D eigenvalue weighted by Crippen LogP contribution is -2.32. The molecule has 142 valence electrons. The normalized spacial score (nSPS) is 18.0. The zero-order chi connectivity index (χ0) is 20.1. The Morgan fingerprint density at radius 2 is 1.96 bits per heavy atom. The summed E-state index contributed by atoms with van der Waals surface area (Å²) in [6.45, 7) is 7.04. The highest BCUT2D eigenvalue weighted by Gasteiger charge is 2.38. The molecule has 1 aromatic heterocycles. The standard InChI is InChI=1S/C20H23N3O4/c1-11(2)14(9-21)10-27-20(26)17-13(4)23-12(3)16(19(24)25)18(17)15-7-5-6-8-22-15/h5-8,11,14,18,23H,10H2,1-4H3,(H,24,25). The first kappa shape index (κ1) is 20.2. The van der Waals surface area contributed by atoms with Gasteiger partial charge in [-0.2, -0.15) is 5.26 Å². The Hall–Kier alpha value is -3.14. The first-order chi connectivity index (χ1) is 12.8. The number of nitrogens with one attached hydrogen (secondary N) is 1. The number of dihydropyridines is 1. The van der Waals surface area contributed by atoms with Crippen LogP contribution in [-0.2, 0) is 14.3 Å². The summed E-state index contributed by atoms with van der Waals surface area (Å²) in [6.07, 6.45) is 1.55. The predicted octanol–water partition coefficient (Wildman–Crippen LogP) is 2.74. The Balaban J connectivity index is 2.42. The van der Waals surface area contributed by atoms with Crippen LogP contribution in [0.3, 0.4) is 0 Å². The van der Waals surface area contributed by atoms with E-state index in [4.69, 9.17) is 4.74 Å². The highest BCUT2D eigenvalue weighted by atomic mass is 16.5. The topological polar surface area (TPSA) is 112 Å². The summed E-state index contributed by atoms with van der Waals surface area (Å²) in [7, 11) is 0. The van der Waals surface area contributed by atoms with Crippen LogP contribution in [0.15, 0.2) is 46.9 Å². The second-order valence-corrected chi connectivity index (χ2v) is 6.77. The van der Waals surface area contributed by atoms with Crippen molar-refractivity contribution in [3.05, 3.63) is 52.6 Å².